The summed E-state index contributed by atoms with van der Waals surface area (Å²) in [7, 11) is 0. The molecule has 1 aliphatic heterocycles. The minimum atomic E-state index is -1.30. The summed E-state index contributed by atoms with van der Waals surface area (Å²) in [5, 5.41) is 15.6. The molecule has 0 aromatic rings. The van der Waals surface area contributed by atoms with Gasteiger partial charge in [-0.2, -0.15) is 0 Å². The molecule has 0 spiro atoms. The zero-order valence-corrected chi connectivity index (χ0v) is 10.4. The first-order valence-electron chi connectivity index (χ1n) is 6.59. The molecule has 3 atom stereocenters. The van der Waals surface area contributed by atoms with Gasteiger partial charge in [-0.05, 0) is 31.7 Å². The predicted molar refractivity (Wildman–Crippen MR) is 65.5 cm³/mol. The van der Waals surface area contributed by atoms with Gasteiger partial charge in [0.2, 0.25) is 11.8 Å². The van der Waals surface area contributed by atoms with Crippen molar-refractivity contribution in [2.45, 2.75) is 50.3 Å². The molecular formula is C12H21N3O3. The van der Waals surface area contributed by atoms with Crippen molar-refractivity contribution in [1.29, 1.82) is 0 Å². The van der Waals surface area contributed by atoms with Gasteiger partial charge < -0.3 is 21.5 Å². The summed E-state index contributed by atoms with van der Waals surface area (Å²) in [5.74, 6) is -0.417. The number of carbonyl (C=O) groups is 2. The molecule has 2 amide bonds. The number of amides is 2. The van der Waals surface area contributed by atoms with Crippen molar-refractivity contribution in [3.05, 3.63) is 0 Å². The smallest absolute Gasteiger partial charge is 0.248 e. The maximum atomic E-state index is 11.9. The molecule has 6 nitrogen and oxygen atoms in total. The van der Waals surface area contributed by atoms with Crippen molar-refractivity contribution >= 4 is 11.8 Å². The van der Waals surface area contributed by atoms with E-state index in [4.69, 9.17) is 5.73 Å². The molecule has 1 aliphatic carbocycles. The molecule has 5 N–H and O–H groups in total. The fraction of sp³-hybridized carbons (Fsp3) is 0.833. The van der Waals surface area contributed by atoms with Crippen LogP contribution in [0.4, 0.5) is 0 Å². The highest BCUT2D eigenvalue weighted by molar-refractivity contribution is 5.84. The lowest BCUT2D eigenvalue weighted by atomic mass is 10.0. The van der Waals surface area contributed by atoms with Crippen LogP contribution in [-0.2, 0) is 9.59 Å². The van der Waals surface area contributed by atoms with Gasteiger partial charge in [-0.3, -0.25) is 9.59 Å². The number of hydrogen-bond acceptors (Lipinski definition) is 4. The van der Waals surface area contributed by atoms with Crippen LogP contribution < -0.4 is 16.4 Å². The zero-order valence-electron chi connectivity index (χ0n) is 10.4. The molecule has 1 heterocycles. The third kappa shape index (κ3) is 3.43. The maximum absolute atomic E-state index is 11.9. The normalized spacial score (nSPS) is 26.6. The number of aliphatic hydroxyl groups excluding tert-OH is 1. The molecule has 0 aromatic carbocycles. The van der Waals surface area contributed by atoms with Crippen molar-refractivity contribution in [1.82, 2.24) is 10.6 Å². The number of rotatable bonds is 6. The average molecular weight is 255 g/mol. The van der Waals surface area contributed by atoms with Gasteiger partial charge in [0.05, 0.1) is 12.1 Å². The van der Waals surface area contributed by atoms with Crippen LogP contribution in [-0.4, -0.2) is 41.7 Å². The van der Waals surface area contributed by atoms with E-state index in [1.54, 1.807) is 0 Å². The van der Waals surface area contributed by atoms with E-state index >= 15 is 0 Å². The first-order chi connectivity index (χ1) is 8.58. The molecule has 3 unspecified atom stereocenters. The molecule has 2 aliphatic rings. The van der Waals surface area contributed by atoms with E-state index in [9.17, 15) is 14.7 Å². The Morgan fingerprint density at radius 3 is 2.61 bits per heavy atom. The van der Waals surface area contributed by atoms with Crippen molar-refractivity contribution in [2.75, 3.05) is 6.54 Å². The maximum Gasteiger partial charge on any atom is 0.248 e. The third-order valence-corrected chi connectivity index (χ3v) is 3.66. The first-order valence-corrected chi connectivity index (χ1v) is 6.59. The highest BCUT2D eigenvalue weighted by Crippen LogP contribution is 2.34. The molecule has 1 saturated heterocycles. The largest absolute Gasteiger partial charge is 0.381 e. The Morgan fingerprint density at radius 1 is 1.39 bits per heavy atom. The first kappa shape index (κ1) is 13.3. The van der Waals surface area contributed by atoms with Crippen LogP contribution in [0.25, 0.3) is 0 Å². The lowest BCUT2D eigenvalue weighted by molar-refractivity contribution is -0.130. The van der Waals surface area contributed by atoms with Crippen LogP contribution in [0.15, 0.2) is 0 Å². The van der Waals surface area contributed by atoms with E-state index in [-0.39, 0.29) is 11.9 Å². The van der Waals surface area contributed by atoms with Gasteiger partial charge in [-0.15, -0.1) is 0 Å². The van der Waals surface area contributed by atoms with Crippen molar-refractivity contribution in [2.24, 2.45) is 11.7 Å². The zero-order chi connectivity index (χ0) is 13.1. The van der Waals surface area contributed by atoms with E-state index in [2.05, 4.69) is 10.6 Å². The van der Waals surface area contributed by atoms with Crippen LogP contribution in [0.2, 0.25) is 0 Å². The topological polar surface area (TPSA) is 104 Å². The lowest BCUT2D eigenvalue weighted by Gasteiger charge is -2.23. The Bertz CT molecular complexity index is 325. The number of hydrogen-bond donors (Lipinski definition) is 4. The van der Waals surface area contributed by atoms with Gasteiger partial charge in [0, 0.05) is 0 Å². The monoisotopic (exact) mass is 255 g/mol. The van der Waals surface area contributed by atoms with Gasteiger partial charge >= 0.3 is 0 Å². The Labute approximate surface area is 106 Å². The van der Waals surface area contributed by atoms with Crippen LogP contribution >= 0.6 is 0 Å². The molecule has 2 fully saturated rings. The van der Waals surface area contributed by atoms with Gasteiger partial charge in [0.25, 0.3) is 0 Å². The van der Waals surface area contributed by atoms with Gasteiger partial charge in [0.1, 0.15) is 0 Å². The predicted octanol–water partition coefficient (Wildman–Crippen LogP) is -1.13. The van der Waals surface area contributed by atoms with Crippen LogP contribution in [0, 0.1) is 5.92 Å². The quantitative estimate of drug-likeness (QED) is 0.482. The summed E-state index contributed by atoms with van der Waals surface area (Å²) in [6, 6.07) is -0.753. The van der Waals surface area contributed by atoms with E-state index in [1.165, 1.54) is 0 Å². The third-order valence-electron chi connectivity index (χ3n) is 3.66. The van der Waals surface area contributed by atoms with Crippen LogP contribution in [0.5, 0.6) is 0 Å². The molecular weight excluding hydrogens is 234 g/mol. The van der Waals surface area contributed by atoms with Crippen LogP contribution in [0.3, 0.4) is 0 Å². The Morgan fingerprint density at radius 2 is 2.11 bits per heavy atom. The Hall–Kier alpha value is -1.14. The number of nitrogens with two attached hydrogens (primary N) is 1. The van der Waals surface area contributed by atoms with Crippen molar-refractivity contribution < 1.29 is 14.7 Å². The molecule has 0 bridgehead atoms. The molecule has 1 saturated carbocycles. The molecule has 0 radical (unpaired) electrons. The highest BCUT2D eigenvalue weighted by Gasteiger charge is 2.34. The number of aliphatic hydroxyl groups is 1. The minimum absolute atomic E-state index is 0.140. The van der Waals surface area contributed by atoms with Crippen molar-refractivity contribution in [3.8, 4) is 0 Å². The molecule has 102 valence electrons. The molecule has 6 heteroatoms. The fourth-order valence-corrected chi connectivity index (χ4v) is 2.37. The number of nitrogens with one attached hydrogen (secondary N) is 2. The summed E-state index contributed by atoms with van der Waals surface area (Å²) >= 11 is 0. The van der Waals surface area contributed by atoms with Crippen LogP contribution in [0.1, 0.15) is 32.1 Å². The standard InChI is InChI=1S/C12H21N3O3/c13-11(17)10(16)9(6-7-3-4-7)15-12(18)8-2-1-5-14-8/h7-10,14,16H,1-6H2,(H2,13,17)(H,15,18). The average Bonchev–Trinajstić information content (AvgIpc) is 2.97. The summed E-state index contributed by atoms with van der Waals surface area (Å²) in [4.78, 5) is 23.0. The summed E-state index contributed by atoms with van der Waals surface area (Å²) in [6.07, 6.45) is 3.30. The lowest BCUT2D eigenvalue weighted by Crippen LogP contribution is -2.53. The highest BCUT2D eigenvalue weighted by atomic mass is 16.3. The Balaban J connectivity index is 1.90. The Kier molecular flexibility index (Phi) is 4.19. The summed E-state index contributed by atoms with van der Waals surface area (Å²) in [5.41, 5.74) is 5.11. The second-order valence-electron chi connectivity index (χ2n) is 5.29. The van der Waals surface area contributed by atoms with E-state index in [0.29, 0.717) is 12.3 Å². The number of primary amides is 1. The van der Waals surface area contributed by atoms with Crippen molar-refractivity contribution in [3.63, 3.8) is 0 Å². The van der Waals surface area contributed by atoms with E-state index in [0.717, 1.165) is 32.2 Å². The van der Waals surface area contributed by atoms with Gasteiger partial charge in [0.15, 0.2) is 6.10 Å². The second-order valence-corrected chi connectivity index (χ2v) is 5.29. The summed E-state index contributed by atoms with van der Waals surface area (Å²) < 4.78 is 0. The summed E-state index contributed by atoms with van der Waals surface area (Å²) in [6.45, 7) is 0.837. The molecule has 0 aromatic heterocycles. The van der Waals surface area contributed by atoms with E-state index < -0.39 is 18.1 Å². The minimum Gasteiger partial charge on any atom is -0.381 e. The molecule has 18 heavy (non-hydrogen) atoms. The fourth-order valence-electron chi connectivity index (χ4n) is 2.37. The SMILES string of the molecule is NC(=O)C(O)C(CC1CC1)NC(=O)C1CCCN1. The number of carbonyl (C=O) groups excluding carboxylic acids is 2. The molecule has 2 rings (SSSR count). The van der Waals surface area contributed by atoms with Gasteiger partial charge in [-0.1, -0.05) is 12.8 Å². The second kappa shape index (κ2) is 5.67. The van der Waals surface area contributed by atoms with Gasteiger partial charge in [-0.25, -0.2) is 0 Å². The van der Waals surface area contributed by atoms with E-state index in [1.807, 2.05) is 0 Å².